The lowest BCUT2D eigenvalue weighted by molar-refractivity contribution is 0.102. The molecule has 0 unspecified atom stereocenters. The lowest BCUT2D eigenvalue weighted by atomic mass is 10.1. The minimum atomic E-state index is -0.474. The molecule has 7 nitrogen and oxygen atoms in total. The third kappa shape index (κ3) is 3.71. The highest BCUT2D eigenvalue weighted by Gasteiger charge is 2.16. The summed E-state index contributed by atoms with van der Waals surface area (Å²) >= 11 is 0. The van der Waals surface area contributed by atoms with E-state index in [1.807, 2.05) is 12.1 Å². The Balaban J connectivity index is 1.64. The first-order valence-corrected chi connectivity index (χ1v) is 9.33. The van der Waals surface area contributed by atoms with Gasteiger partial charge in [0, 0.05) is 29.7 Å². The van der Waals surface area contributed by atoms with Crippen LogP contribution in [0.5, 0.6) is 11.5 Å². The number of amides is 1. The van der Waals surface area contributed by atoms with Gasteiger partial charge in [0.1, 0.15) is 11.5 Å². The maximum Gasteiger partial charge on any atom is 0.298 e. The average molecular weight is 391 g/mol. The highest BCUT2D eigenvalue weighted by atomic mass is 16.5. The van der Waals surface area contributed by atoms with Crippen molar-refractivity contribution in [3.05, 3.63) is 75.8 Å². The van der Waals surface area contributed by atoms with Crippen molar-refractivity contribution >= 4 is 11.7 Å². The van der Waals surface area contributed by atoms with E-state index >= 15 is 0 Å². The molecule has 2 aromatic carbocycles. The van der Waals surface area contributed by atoms with Crippen LogP contribution in [0.1, 0.15) is 27.9 Å². The second kappa shape index (κ2) is 7.79. The average Bonchev–Trinajstić information content (AvgIpc) is 3.22. The molecule has 0 atom stereocenters. The van der Waals surface area contributed by atoms with Gasteiger partial charge < -0.3 is 14.8 Å². The molecule has 1 heterocycles. The Morgan fingerprint density at radius 1 is 1.03 bits per heavy atom. The summed E-state index contributed by atoms with van der Waals surface area (Å²) < 4.78 is 11.9. The van der Waals surface area contributed by atoms with Crippen LogP contribution in [0.4, 0.5) is 5.82 Å². The topological polar surface area (TPSA) is 82.4 Å². The Kier molecular flexibility index (Phi) is 5.03. The highest BCUT2D eigenvalue weighted by Crippen LogP contribution is 2.24. The van der Waals surface area contributed by atoms with Gasteiger partial charge in [0.15, 0.2) is 5.82 Å². The molecule has 1 aliphatic carbocycles. The third-order valence-electron chi connectivity index (χ3n) is 5.05. The Morgan fingerprint density at radius 2 is 1.76 bits per heavy atom. The van der Waals surface area contributed by atoms with Gasteiger partial charge in [0.25, 0.3) is 11.5 Å². The largest absolute Gasteiger partial charge is 0.497 e. The van der Waals surface area contributed by atoms with Crippen LogP contribution in [0.25, 0.3) is 5.69 Å². The molecule has 0 radical (unpaired) electrons. The summed E-state index contributed by atoms with van der Waals surface area (Å²) in [5, 5.41) is 2.60. The molecule has 3 aromatic rings. The minimum absolute atomic E-state index is 0.0419. The van der Waals surface area contributed by atoms with Crippen LogP contribution >= 0.6 is 0 Å². The lowest BCUT2D eigenvalue weighted by Crippen LogP contribution is -2.26. The predicted octanol–water partition coefficient (Wildman–Crippen LogP) is 2.99. The quantitative estimate of drug-likeness (QED) is 0.723. The summed E-state index contributed by atoms with van der Waals surface area (Å²) in [5.41, 5.74) is 3.26. The number of carbonyl (C=O) groups is 1. The summed E-state index contributed by atoms with van der Waals surface area (Å²) in [6.45, 7) is 0. The van der Waals surface area contributed by atoms with Gasteiger partial charge in [0.2, 0.25) is 0 Å². The van der Waals surface area contributed by atoms with Gasteiger partial charge in [0.05, 0.1) is 14.2 Å². The number of rotatable bonds is 5. The molecular weight excluding hydrogens is 370 g/mol. The van der Waals surface area contributed by atoms with Gasteiger partial charge in [-0.05, 0) is 54.7 Å². The molecule has 0 spiro atoms. The van der Waals surface area contributed by atoms with Crippen molar-refractivity contribution in [1.82, 2.24) is 9.55 Å². The third-order valence-corrected chi connectivity index (χ3v) is 5.05. The van der Waals surface area contributed by atoms with Gasteiger partial charge in [-0.2, -0.15) is 0 Å². The number of aryl methyl sites for hydroxylation is 2. The second-order valence-electron chi connectivity index (χ2n) is 6.81. The van der Waals surface area contributed by atoms with E-state index in [9.17, 15) is 9.59 Å². The number of ether oxygens (including phenoxy) is 2. The molecule has 0 fully saturated rings. The molecule has 4 rings (SSSR count). The molecule has 29 heavy (non-hydrogen) atoms. The fraction of sp³-hybridized carbons (Fsp3) is 0.227. The van der Waals surface area contributed by atoms with Gasteiger partial charge in [-0.25, -0.2) is 4.98 Å². The predicted molar refractivity (Wildman–Crippen MR) is 109 cm³/mol. The molecule has 0 saturated carbocycles. The van der Waals surface area contributed by atoms with Crippen molar-refractivity contribution < 1.29 is 14.3 Å². The van der Waals surface area contributed by atoms with Crippen molar-refractivity contribution in [2.45, 2.75) is 19.3 Å². The minimum Gasteiger partial charge on any atom is -0.497 e. The smallest absolute Gasteiger partial charge is 0.298 e. The van der Waals surface area contributed by atoms with Crippen molar-refractivity contribution in [3.8, 4) is 17.2 Å². The van der Waals surface area contributed by atoms with Gasteiger partial charge in [-0.1, -0.05) is 6.07 Å². The van der Waals surface area contributed by atoms with Crippen LogP contribution in [0, 0.1) is 0 Å². The molecule has 1 N–H and O–H groups in total. The van der Waals surface area contributed by atoms with E-state index < -0.39 is 11.5 Å². The summed E-state index contributed by atoms with van der Waals surface area (Å²) in [7, 11) is 3.01. The van der Waals surface area contributed by atoms with Crippen LogP contribution in [0.15, 0.2) is 53.6 Å². The summed E-state index contributed by atoms with van der Waals surface area (Å²) in [4.78, 5) is 29.7. The van der Waals surface area contributed by atoms with Gasteiger partial charge in [-0.3, -0.25) is 14.2 Å². The lowest BCUT2D eigenvalue weighted by Gasteiger charge is -2.11. The molecule has 0 saturated heterocycles. The molecule has 1 aromatic heterocycles. The van der Waals surface area contributed by atoms with Crippen LogP contribution in [-0.2, 0) is 12.8 Å². The van der Waals surface area contributed by atoms with Crippen molar-refractivity contribution in [2.24, 2.45) is 0 Å². The molecular formula is C22H21N3O4. The Hall–Kier alpha value is -3.61. The zero-order valence-corrected chi connectivity index (χ0v) is 16.3. The number of nitrogens with zero attached hydrogens (tertiary/aromatic N) is 2. The second-order valence-corrected chi connectivity index (χ2v) is 6.81. The van der Waals surface area contributed by atoms with E-state index in [1.165, 1.54) is 36.1 Å². The van der Waals surface area contributed by atoms with Crippen LogP contribution < -0.4 is 20.3 Å². The van der Waals surface area contributed by atoms with E-state index in [-0.39, 0.29) is 5.82 Å². The Bertz CT molecular complexity index is 1110. The normalized spacial score (nSPS) is 12.3. The number of hydrogen-bond donors (Lipinski definition) is 1. The summed E-state index contributed by atoms with van der Waals surface area (Å²) in [6, 6.07) is 10.8. The Morgan fingerprint density at radius 3 is 2.48 bits per heavy atom. The fourth-order valence-electron chi connectivity index (χ4n) is 3.53. The first-order valence-electron chi connectivity index (χ1n) is 9.33. The molecule has 1 amide bonds. The standard InChI is InChI=1S/C22H21N3O4/c1-28-18-11-16(12-19(13-18)29-2)21(26)24-20-22(27)25(9-8-23-20)17-7-6-14-4-3-5-15(14)10-17/h6-13H,3-5H2,1-2H3,(H,23,24,26). The van der Waals surface area contributed by atoms with Crippen molar-refractivity contribution in [2.75, 3.05) is 19.5 Å². The number of aromatic nitrogens is 2. The van der Waals surface area contributed by atoms with Crippen molar-refractivity contribution in [1.29, 1.82) is 0 Å². The summed E-state index contributed by atoms with van der Waals surface area (Å²) in [6.07, 6.45) is 6.32. The number of hydrogen-bond acceptors (Lipinski definition) is 5. The number of anilines is 1. The van der Waals surface area contributed by atoms with E-state index in [0.717, 1.165) is 24.9 Å². The molecule has 0 bridgehead atoms. The Labute approximate surface area is 167 Å². The highest BCUT2D eigenvalue weighted by molar-refractivity contribution is 6.04. The van der Waals surface area contributed by atoms with Crippen LogP contribution in [0.3, 0.4) is 0 Å². The SMILES string of the molecule is COc1cc(OC)cc(C(=O)Nc2nccn(-c3ccc4c(c3)CCC4)c2=O)c1. The number of methoxy groups -OCH3 is 2. The number of benzene rings is 2. The zero-order valence-electron chi connectivity index (χ0n) is 16.3. The summed E-state index contributed by atoms with van der Waals surface area (Å²) in [5.74, 6) is 0.440. The van der Waals surface area contributed by atoms with E-state index in [1.54, 1.807) is 24.4 Å². The van der Waals surface area contributed by atoms with Gasteiger partial charge >= 0.3 is 0 Å². The van der Waals surface area contributed by atoms with Crippen LogP contribution in [0.2, 0.25) is 0 Å². The number of nitrogens with one attached hydrogen (secondary N) is 1. The van der Waals surface area contributed by atoms with Crippen LogP contribution in [-0.4, -0.2) is 29.7 Å². The first-order chi connectivity index (χ1) is 14.1. The monoisotopic (exact) mass is 391 g/mol. The zero-order chi connectivity index (χ0) is 20.4. The fourth-order valence-corrected chi connectivity index (χ4v) is 3.53. The molecule has 148 valence electrons. The molecule has 7 heteroatoms. The molecule has 1 aliphatic rings. The van der Waals surface area contributed by atoms with E-state index in [4.69, 9.17) is 9.47 Å². The van der Waals surface area contributed by atoms with Gasteiger partial charge in [-0.15, -0.1) is 0 Å². The van der Waals surface area contributed by atoms with E-state index in [0.29, 0.717) is 17.1 Å². The van der Waals surface area contributed by atoms with Crippen molar-refractivity contribution in [3.63, 3.8) is 0 Å². The number of carbonyl (C=O) groups excluding carboxylic acids is 1. The maximum absolute atomic E-state index is 12.9. The maximum atomic E-state index is 12.9. The molecule has 0 aliphatic heterocycles. The van der Waals surface area contributed by atoms with E-state index in [2.05, 4.69) is 16.4 Å². The number of fused-ring (bicyclic) bond motifs is 1. The first kappa shape index (κ1) is 18.7.